The SMILES string of the molecule is CC(C)C[C@H](C)C(=O)C[C@@H](Cc1ccc(O)cc1)C(=O)N[C@@H](CCCN=C(N)N)C(=O)C[C@@H](C)C(=O)N[C@@H](CC(N)=O)C(=O)CCC(=O)N[C@@H](CC(=O)O)C(=O)C[C@@H](Cc1cnc[nH]1)C(=O)N1CCC[C@H]1C(=O)N[C@@H](CS)C(=O)C[C@@H](Cc1ccc(O)cc1)C(=O)N[C@@H](CO)C(N)=O. The second-order valence-corrected chi connectivity index (χ2v) is 25.6. The lowest BCUT2D eigenvalue weighted by Crippen LogP contribution is -2.53. The Kier molecular flexibility index (Phi) is 33.2. The van der Waals surface area contributed by atoms with Gasteiger partial charge in [0.2, 0.25) is 47.3 Å². The van der Waals surface area contributed by atoms with E-state index in [0.29, 0.717) is 23.2 Å². The van der Waals surface area contributed by atoms with Gasteiger partial charge in [-0.1, -0.05) is 52.0 Å². The number of Topliss-reactive ketones (excluding diaryl/α,β-unsaturated/α-hetero) is 5. The number of nitrogens with one attached hydrogen (secondary N) is 6. The van der Waals surface area contributed by atoms with Gasteiger partial charge in [-0.25, -0.2) is 4.98 Å². The molecule has 11 atom stereocenters. The minimum Gasteiger partial charge on any atom is -0.508 e. The van der Waals surface area contributed by atoms with Crippen LogP contribution in [0.5, 0.6) is 11.5 Å². The van der Waals surface area contributed by atoms with Crippen LogP contribution in [0, 0.1) is 35.5 Å². The summed E-state index contributed by atoms with van der Waals surface area (Å²) >= 11 is 4.29. The van der Waals surface area contributed by atoms with Gasteiger partial charge in [-0.15, -0.1) is 0 Å². The standard InChI is InChI=1S/C66H93N13O18S/c1-35(2)21-36(3)53(84)26-40(23-38-9-13-44(81)14-10-38)62(94)75-46(7-5-19-72-66(69)70)54(85)22-37(4)61(93)76-47(29-57(67)88)52(83)17-18-58(89)74-48(30-59(90)91)55(86)28-42(25-43-31-71-34-73-43)65(97)79-20-6-8-51(79)64(96)78-50(33-98)56(87)27-41(24-39-11-15-45(82)16-12-39)63(95)77-49(32-80)60(68)92/h9-16,31,34-37,40-42,46-51,80-82,98H,5-8,17-30,32-33H2,1-4H3,(H2,67,88)(H2,68,92)(H,71,73)(H,74,89)(H,75,94)(H,76,93)(H,77,95)(H,78,96)(H,90,91)(H4,69,70,72)/t36-,37+,40+,41+,42+,46-,47-,48-,49-,50-,51-/m0/s1. The molecule has 1 aromatic heterocycles. The fourth-order valence-corrected chi connectivity index (χ4v) is 11.6. The number of likely N-dealkylation sites (tertiary alicyclic amines) is 1. The second kappa shape index (κ2) is 40.2. The van der Waals surface area contributed by atoms with E-state index in [-0.39, 0.29) is 105 Å². The Hall–Kier alpha value is -9.59. The highest BCUT2D eigenvalue weighted by molar-refractivity contribution is 7.80. The summed E-state index contributed by atoms with van der Waals surface area (Å²) in [5.41, 5.74) is 23.3. The number of rotatable bonds is 45. The van der Waals surface area contributed by atoms with Crippen LogP contribution in [0.15, 0.2) is 66.0 Å². The molecular weight excluding hydrogens is 1290 g/mol. The van der Waals surface area contributed by atoms with Crippen molar-refractivity contribution in [1.29, 1.82) is 0 Å². The predicted molar refractivity (Wildman–Crippen MR) is 357 cm³/mol. The Balaban J connectivity index is 1.46. The number of aromatic amines is 1. The van der Waals surface area contributed by atoms with Gasteiger partial charge in [-0.3, -0.25) is 72.1 Å². The average molecular weight is 1390 g/mol. The number of aliphatic hydroxyl groups is 1. The number of phenols is 2. The number of H-pyrrole nitrogens is 1. The number of thiol groups is 1. The number of amides is 8. The highest BCUT2D eigenvalue weighted by Gasteiger charge is 2.41. The van der Waals surface area contributed by atoms with Gasteiger partial charge in [0, 0.05) is 99.4 Å². The van der Waals surface area contributed by atoms with Crippen molar-refractivity contribution in [2.75, 3.05) is 25.4 Å². The van der Waals surface area contributed by atoms with Gasteiger partial charge >= 0.3 is 5.97 Å². The van der Waals surface area contributed by atoms with Crippen LogP contribution < -0.4 is 49.5 Å². The first-order valence-electron chi connectivity index (χ1n) is 32.3. The first-order chi connectivity index (χ1) is 46.3. The molecule has 98 heavy (non-hydrogen) atoms. The molecule has 4 rings (SSSR count). The Morgan fingerprint density at radius 2 is 1.16 bits per heavy atom. The number of aliphatic imine (C=N–C) groups is 1. The molecule has 2 aromatic carbocycles. The molecule has 1 aliphatic heterocycles. The normalized spacial score (nSPS) is 15.8. The lowest BCUT2D eigenvalue weighted by atomic mass is 9.86. The van der Waals surface area contributed by atoms with Crippen LogP contribution in [-0.2, 0) is 86.4 Å². The van der Waals surface area contributed by atoms with Gasteiger partial charge in [0.1, 0.15) is 29.4 Å². The molecule has 0 radical (unpaired) electrons. The summed E-state index contributed by atoms with van der Waals surface area (Å²) in [4.78, 5) is 202. The Labute approximate surface area is 572 Å². The zero-order valence-electron chi connectivity index (χ0n) is 55.4. The largest absolute Gasteiger partial charge is 0.508 e. The summed E-state index contributed by atoms with van der Waals surface area (Å²) < 4.78 is 0. The van der Waals surface area contributed by atoms with Crippen molar-refractivity contribution in [3.63, 3.8) is 0 Å². The number of guanidine groups is 1. The molecule has 8 amide bonds. The molecule has 0 aliphatic carbocycles. The average Bonchev–Trinajstić information content (AvgIpc) is 1.59. The molecule has 32 heteroatoms. The lowest BCUT2D eigenvalue weighted by molar-refractivity contribution is -0.144. The number of carbonyl (C=O) groups excluding carboxylic acids is 13. The van der Waals surface area contributed by atoms with Crippen molar-refractivity contribution >= 4 is 101 Å². The van der Waals surface area contributed by atoms with Gasteiger partial charge in [0.25, 0.3) is 0 Å². The van der Waals surface area contributed by atoms with Crippen LogP contribution in [0.4, 0.5) is 0 Å². The summed E-state index contributed by atoms with van der Waals surface area (Å²) in [6.45, 7) is 6.28. The molecule has 1 aliphatic rings. The van der Waals surface area contributed by atoms with Crippen molar-refractivity contribution < 1.29 is 87.5 Å². The quantitative estimate of drug-likeness (QED) is 0.0146. The fourth-order valence-electron chi connectivity index (χ4n) is 11.3. The maximum Gasteiger partial charge on any atom is 0.305 e. The minimum atomic E-state index is -1.79. The predicted octanol–water partition coefficient (Wildman–Crippen LogP) is -0.572. The van der Waals surface area contributed by atoms with Crippen molar-refractivity contribution in [2.45, 2.75) is 167 Å². The van der Waals surface area contributed by atoms with E-state index in [0.717, 1.165) is 0 Å². The number of carbonyl (C=O) groups is 14. The molecule has 536 valence electrons. The molecule has 3 aromatic rings. The van der Waals surface area contributed by atoms with Gasteiger partial charge in [0.15, 0.2) is 29.1 Å². The number of aromatic hydroxyl groups is 2. The fraction of sp³-hybridized carbons (Fsp3) is 0.545. The Morgan fingerprint density at radius 1 is 0.622 bits per heavy atom. The number of primary amides is 2. The number of carboxylic acids is 1. The molecule has 31 nitrogen and oxygen atoms in total. The zero-order valence-corrected chi connectivity index (χ0v) is 56.3. The van der Waals surface area contributed by atoms with E-state index in [2.05, 4.69) is 54.2 Å². The summed E-state index contributed by atoms with van der Waals surface area (Å²) in [6.07, 6.45) is -1.48. The van der Waals surface area contributed by atoms with E-state index in [1.807, 2.05) is 13.8 Å². The van der Waals surface area contributed by atoms with Crippen LogP contribution in [-0.4, -0.2) is 185 Å². The third-order valence-electron chi connectivity index (χ3n) is 16.7. The van der Waals surface area contributed by atoms with Gasteiger partial charge in [-0.05, 0) is 86.3 Å². The number of aromatic nitrogens is 2. The number of benzene rings is 2. The maximum absolute atomic E-state index is 14.6. The monoisotopic (exact) mass is 1390 g/mol. The molecule has 0 spiro atoms. The van der Waals surface area contributed by atoms with Crippen LogP contribution >= 0.6 is 12.6 Å². The molecule has 0 bridgehead atoms. The number of aliphatic hydroxyl groups excluding tert-OH is 1. The third-order valence-corrected chi connectivity index (χ3v) is 17.0. The molecule has 0 saturated carbocycles. The summed E-state index contributed by atoms with van der Waals surface area (Å²) in [5, 5.41) is 51.7. The Morgan fingerprint density at radius 3 is 1.68 bits per heavy atom. The molecule has 0 unspecified atom stereocenters. The van der Waals surface area contributed by atoms with Gasteiger partial charge in [0.05, 0.1) is 55.9 Å². The van der Waals surface area contributed by atoms with E-state index in [4.69, 9.17) is 22.9 Å². The summed E-state index contributed by atoms with van der Waals surface area (Å²) in [5.74, 6) is -17.3. The molecule has 18 N–H and O–H groups in total. The van der Waals surface area contributed by atoms with Crippen molar-refractivity contribution in [3.05, 3.63) is 77.9 Å². The minimum absolute atomic E-state index is 0.000465. The number of imidazole rings is 1. The lowest BCUT2D eigenvalue weighted by Gasteiger charge is -2.30. The Bertz CT molecular complexity index is 3310. The number of aliphatic carboxylic acids is 1. The highest BCUT2D eigenvalue weighted by atomic mass is 32.1. The summed E-state index contributed by atoms with van der Waals surface area (Å²) in [6, 6.07) is 3.12. The first kappa shape index (κ1) is 80.8. The number of hydrogen-bond acceptors (Lipinski definition) is 20. The van der Waals surface area contributed by atoms with Crippen molar-refractivity contribution in [3.8, 4) is 11.5 Å². The number of ketones is 5. The zero-order chi connectivity index (χ0) is 72.9. The van der Waals surface area contributed by atoms with E-state index in [1.54, 1.807) is 19.1 Å². The summed E-state index contributed by atoms with van der Waals surface area (Å²) in [7, 11) is 0. The number of nitrogens with zero attached hydrogens (tertiary/aromatic N) is 3. The van der Waals surface area contributed by atoms with E-state index < -0.39 is 188 Å². The van der Waals surface area contributed by atoms with Crippen LogP contribution in [0.1, 0.15) is 128 Å². The second-order valence-electron chi connectivity index (χ2n) is 25.2. The van der Waals surface area contributed by atoms with Crippen LogP contribution in [0.2, 0.25) is 0 Å². The molecular formula is C66H93N13O18S. The van der Waals surface area contributed by atoms with E-state index in [1.165, 1.54) is 60.7 Å². The smallest absolute Gasteiger partial charge is 0.305 e. The number of carboxylic acid groups (broad SMARTS) is 1. The van der Waals surface area contributed by atoms with Gasteiger partial charge in [-0.2, -0.15) is 12.6 Å². The topological polar surface area (TPSA) is 528 Å². The van der Waals surface area contributed by atoms with E-state index >= 15 is 0 Å². The third kappa shape index (κ3) is 27.5. The number of phenolic OH excluding ortho intramolecular Hbond substituents is 2. The van der Waals surface area contributed by atoms with Crippen LogP contribution in [0.25, 0.3) is 0 Å². The molecule has 2 heterocycles. The number of hydrogen-bond donors (Lipinski definition) is 15. The highest BCUT2D eigenvalue weighted by Crippen LogP contribution is 2.27. The molecule has 1 saturated heterocycles. The van der Waals surface area contributed by atoms with Crippen molar-refractivity contribution in [1.82, 2.24) is 41.5 Å². The molecule has 1 fully saturated rings. The van der Waals surface area contributed by atoms with Crippen molar-refractivity contribution in [2.24, 2.45) is 63.4 Å². The first-order valence-corrected chi connectivity index (χ1v) is 33.0. The maximum atomic E-state index is 14.6. The van der Waals surface area contributed by atoms with Crippen LogP contribution in [0.3, 0.4) is 0 Å². The van der Waals surface area contributed by atoms with E-state index in [9.17, 15) is 87.5 Å². The van der Waals surface area contributed by atoms with Gasteiger partial charge < -0.3 is 79.8 Å². The number of nitrogens with two attached hydrogens (primary N) is 4.